The van der Waals surface area contributed by atoms with Crippen LogP contribution in [0.5, 0.6) is 0 Å². The Hall–Kier alpha value is -0.720. The molecule has 0 saturated carbocycles. The summed E-state index contributed by atoms with van der Waals surface area (Å²) in [5, 5.41) is 0.522. The van der Waals surface area contributed by atoms with E-state index in [0.29, 0.717) is 5.30 Å². The van der Waals surface area contributed by atoms with Crippen molar-refractivity contribution in [1.29, 1.82) is 0 Å². The molecule has 1 N–H and O–H groups in total. The molecule has 1 aromatic carbocycles. The first-order valence-corrected chi connectivity index (χ1v) is 8.20. The molecule has 2 nitrogen and oxygen atoms in total. The Labute approximate surface area is 111 Å². The van der Waals surface area contributed by atoms with E-state index in [1.807, 2.05) is 12.1 Å². The number of hydrogen-bond donors (Lipinski definition) is 1. The summed E-state index contributed by atoms with van der Waals surface area (Å²) in [5.41, 5.74) is 1.27. The third-order valence-electron chi connectivity index (χ3n) is 3.23. The predicted octanol–water partition coefficient (Wildman–Crippen LogP) is 4.34. The molecular weight excluding hydrogens is 243 g/mol. The third kappa shape index (κ3) is 6.28. The van der Waals surface area contributed by atoms with Gasteiger partial charge in [0, 0.05) is 0 Å². The van der Waals surface area contributed by atoms with Gasteiger partial charge >= 0.3 is 8.03 Å². The number of benzene rings is 1. The smallest absolute Gasteiger partial charge is 0.156 e. The zero-order chi connectivity index (χ0) is 13.2. The molecule has 0 aliphatic heterocycles. The minimum Gasteiger partial charge on any atom is -0.156 e. The van der Waals surface area contributed by atoms with Crippen molar-refractivity contribution in [2.45, 2.75) is 58.3 Å². The zero-order valence-electron chi connectivity index (χ0n) is 11.3. The highest BCUT2D eigenvalue weighted by Gasteiger charge is 2.14. The highest BCUT2D eigenvalue weighted by molar-refractivity contribution is 7.47. The van der Waals surface area contributed by atoms with E-state index in [1.54, 1.807) is 12.1 Å². The van der Waals surface area contributed by atoms with Crippen LogP contribution in [0.2, 0.25) is 0 Å². The van der Waals surface area contributed by atoms with E-state index in [9.17, 15) is 4.57 Å². The average Bonchev–Trinajstić information content (AvgIpc) is 2.38. The van der Waals surface area contributed by atoms with Gasteiger partial charge in [-0.1, -0.05) is 57.6 Å². The van der Waals surface area contributed by atoms with Crippen LogP contribution >= 0.6 is 8.03 Å². The van der Waals surface area contributed by atoms with Gasteiger partial charge < -0.3 is 0 Å². The van der Waals surface area contributed by atoms with E-state index in [0.717, 1.165) is 6.42 Å². The van der Waals surface area contributed by atoms with Gasteiger partial charge in [0.2, 0.25) is 5.30 Å². The van der Waals surface area contributed by atoms with Gasteiger partial charge in [0.15, 0.2) is 0 Å². The molecule has 0 amide bonds. The maximum absolute atomic E-state index is 10.8. The molecule has 18 heavy (non-hydrogen) atoms. The van der Waals surface area contributed by atoms with E-state index in [-0.39, 0.29) is 0 Å². The lowest BCUT2D eigenvalue weighted by Gasteiger charge is -2.01. The van der Waals surface area contributed by atoms with Crippen LogP contribution in [0.25, 0.3) is 0 Å². The first-order chi connectivity index (χ1) is 8.74. The summed E-state index contributed by atoms with van der Waals surface area (Å²) < 4.78 is 10.8. The molecule has 0 aliphatic rings. The summed E-state index contributed by atoms with van der Waals surface area (Å²) in [6.45, 7) is 2.24. The van der Waals surface area contributed by atoms with Crippen molar-refractivity contribution in [3.63, 3.8) is 0 Å². The third-order valence-corrected chi connectivity index (χ3v) is 3.97. The molecule has 0 spiro atoms. The highest BCUT2D eigenvalue weighted by Crippen LogP contribution is 2.14. The standard InChI is InChI=1S/C15H23O2P/c1-2-3-4-5-6-7-8-9-14-10-12-15(13-11-14)18(16)17/h10-13H,2-9H2,1H3/p+1. The van der Waals surface area contributed by atoms with Crippen molar-refractivity contribution in [2.75, 3.05) is 0 Å². The Morgan fingerprint density at radius 1 is 0.944 bits per heavy atom. The fourth-order valence-electron chi connectivity index (χ4n) is 2.08. The molecule has 0 bridgehead atoms. The Kier molecular flexibility index (Phi) is 7.88. The molecule has 1 rings (SSSR count). The highest BCUT2D eigenvalue weighted by atomic mass is 31.1. The monoisotopic (exact) mass is 267 g/mol. The number of hydrogen-bond acceptors (Lipinski definition) is 1. The van der Waals surface area contributed by atoms with Gasteiger partial charge in [0.25, 0.3) is 0 Å². The minimum atomic E-state index is -2.18. The summed E-state index contributed by atoms with van der Waals surface area (Å²) >= 11 is 0. The molecule has 3 heteroatoms. The summed E-state index contributed by atoms with van der Waals surface area (Å²) in [6.07, 6.45) is 10.3. The van der Waals surface area contributed by atoms with E-state index in [2.05, 4.69) is 6.92 Å². The van der Waals surface area contributed by atoms with E-state index in [1.165, 1.54) is 50.5 Å². The zero-order valence-corrected chi connectivity index (χ0v) is 12.2. The van der Waals surface area contributed by atoms with Crippen LogP contribution in [-0.2, 0) is 11.0 Å². The maximum atomic E-state index is 10.8. The SMILES string of the molecule is CCCCCCCCCc1ccc([P+](=O)O)cc1. The van der Waals surface area contributed by atoms with Crippen LogP contribution in [0.15, 0.2) is 24.3 Å². The Balaban J connectivity index is 2.14. The molecule has 0 fully saturated rings. The topological polar surface area (TPSA) is 37.3 Å². The van der Waals surface area contributed by atoms with Gasteiger partial charge in [-0.05, 0) is 35.1 Å². The van der Waals surface area contributed by atoms with Crippen molar-refractivity contribution in [2.24, 2.45) is 0 Å². The second-order valence-electron chi connectivity index (χ2n) is 4.81. The van der Waals surface area contributed by atoms with Crippen LogP contribution in [0, 0.1) is 0 Å². The molecule has 0 aromatic heterocycles. The van der Waals surface area contributed by atoms with Crippen LogP contribution in [0.3, 0.4) is 0 Å². The lowest BCUT2D eigenvalue weighted by atomic mass is 10.0. The van der Waals surface area contributed by atoms with Crippen molar-refractivity contribution in [3.05, 3.63) is 29.8 Å². The molecular formula is C15H24O2P+. The van der Waals surface area contributed by atoms with E-state index in [4.69, 9.17) is 4.89 Å². The van der Waals surface area contributed by atoms with Crippen LogP contribution in [-0.4, -0.2) is 4.89 Å². The number of aryl methyl sites for hydroxylation is 1. The lowest BCUT2D eigenvalue weighted by molar-refractivity contribution is 0.513. The number of rotatable bonds is 9. The Bertz CT molecular complexity index is 346. The van der Waals surface area contributed by atoms with Crippen molar-refractivity contribution in [1.82, 2.24) is 0 Å². The van der Waals surface area contributed by atoms with Crippen LogP contribution < -0.4 is 5.30 Å². The fourth-order valence-corrected chi connectivity index (χ4v) is 2.48. The van der Waals surface area contributed by atoms with Gasteiger partial charge in [0.05, 0.1) is 0 Å². The molecule has 0 saturated heterocycles. The summed E-state index contributed by atoms with van der Waals surface area (Å²) in [6, 6.07) is 7.45. The molecule has 0 aliphatic carbocycles. The fraction of sp³-hybridized carbons (Fsp3) is 0.600. The quantitative estimate of drug-likeness (QED) is 0.534. The van der Waals surface area contributed by atoms with Crippen molar-refractivity contribution < 1.29 is 9.46 Å². The van der Waals surface area contributed by atoms with Crippen LogP contribution in [0.1, 0.15) is 57.4 Å². The average molecular weight is 267 g/mol. The summed E-state index contributed by atoms with van der Waals surface area (Å²) in [4.78, 5) is 8.94. The van der Waals surface area contributed by atoms with Gasteiger partial charge in [-0.15, -0.1) is 0 Å². The Morgan fingerprint density at radius 2 is 1.50 bits per heavy atom. The summed E-state index contributed by atoms with van der Waals surface area (Å²) in [5.74, 6) is 0. The lowest BCUT2D eigenvalue weighted by Crippen LogP contribution is -1.96. The normalized spacial score (nSPS) is 11.6. The minimum absolute atomic E-state index is 0.522. The maximum Gasteiger partial charge on any atom is 0.546 e. The molecule has 0 radical (unpaired) electrons. The predicted molar refractivity (Wildman–Crippen MR) is 77.6 cm³/mol. The molecule has 1 unspecified atom stereocenters. The molecule has 1 atom stereocenters. The second-order valence-corrected chi connectivity index (χ2v) is 5.87. The largest absolute Gasteiger partial charge is 0.546 e. The van der Waals surface area contributed by atoms with Crippen molar-refractivity contribution >= 4 is 13.3 Å². The van der Waals surface area contributed by atoms with Gasteiger partial charge in [-0.25, -0.2) is 0 Å². The van der Waals surface area contributed by atoms with Crippen LogP contribution in [0.4, 0.5) is 0 Å². The van der Waals surface area contributed by atoms with Gasteiger partial charge in [-0.3, -0.25) is 0 Å². The van der Waals surface area contributed by atoms with E-state index < -0.39 is 8.03 Å². The summed E-state index contributed by atoms with van der Waals surface area (Å²) in [7, 11) is -2.18. The number of unbranched alkanes of at least 4 members (excludes halogenated alkanes) is 6. The molecule has 100 valence electrons. The second kappa shape index (κ2) is 9.24. The van der Waals surface area contributed by atoms with Gasteiger partial charge in [0.1, 0.15) is 0 Å². The Morgan fingerprint density at radius 3 is 2.06 bits per heavy atom. The first kappa shape index (κ1) is 15.3. The van der Waals surface area contributed by atoms with E-state index >= 15 is 0 Å². The van der Waals surface area contributed by atoms with Crippen molar-refractivity contribution in [3.8, 4) is 0 Å². The molecule has 0 heterocycles. The van der Waals surface area contributed by atoms with Gasteiger partial charge in [-0.2, -0.15) is 4.89 Å². The molecule has 1 aromatic rings. The first-order valence-electron chi connectivity index (χ1n) is 6.99.